The Morgan fingerprint density at radius 3 is 2.00 bits per heavy atom. The van der Waals surface area contributed by atoms with E-state index in [9.17, 15) is 31.9 Å². The molecule has 1 aliphatic carbocycles. The number of hydrogen-bond acceptors (Lipinski definition) is 4. The van der Waals surface area contributed by atoms with E-state index in [4.69, 9.17) is 0 Å². The third-order valence-corrected chi connectivity index (χ3v) is 6.36. The van der Waals surface area contributed by atoms with Crippen LogP contribution in [0.1, 0.15) is 12.8 Å². The van der Waals surface area contributed by atoms with Gasteiger partial charge in [0.25, 0.3) is 0 Å². The normalized spacial score (nSPS) is 19.9. The summed E-state index contributed by atoms with van der Waals surface area (Å²) >= 11 is 0.998. The van der Waals surface area contributed by atoms with Crippen LogP contribution < -0.4 is 10.2 Å². The van der Waals surface area contributed by atoms with Crippen LogP contribution in [0.4, 0.5) is 28.9 Å². The number of nitrogens with zero attached hydrogens (tertiary/aromatic N) is 1. The Morgan fingerprint density at radius 2 is 1.47 bits per heavy atom. The van der Waals surface area contributed by atoms with E-state index in [-0.39, 0.29) is 35.5 Å². The van der Waals surface area contributed by atoms with E-state index in [1.54, 1.807) is 24.3 Å². The molecule has 0 aromatic heterocycles. The highest BCUT2D eigenvalue weighted by molar-refractivity contribution is 8.00. The number of thioether (sulfide) groups is 1. The van der Waals surface area contributed by atoms with Gasteiger partial charge in [-0.2, -0.15) is 0 Å². The van der Waals surface area contributed by atoms with Crippen molar-refractivity contribution in [2.24, 2.45) is 11.8 Å². The molecule has 1 saturated heterocycles. The van der Waals surface area contributed by atoms with Gasteiger partial charge in [-0.05, 0) is 37.1 Å². The second-order valence-electron chi connectivity index (χ2n) is 7.34. The van der Waals surface area contributed by atoms with Crippen molar-refractivity contribution >= 4 is 40.9 Å². The topological polar surface area (TPSA) is 66.5 Å². The van der Waals surface area contributed by atoms with Gasteiger partial charge in [-0.1, -0.05) is 12.2 Å². The lowest BCUT2D eigenvalue weighted by molar-refractivity contribution is -0.122. The quantitative estimate of drug-likeness (QED) is 0.234. The average Bonchev–Trinajstić information content (AvgIpc) is 3.04. The lowest BCUT2D eigenvalue weighted by atomic mass is 9.85. The molecule has 2 unspecified atom stereocenters. The number of fused-ring (bicyclic) bond motifs is 1. The molecule has 2 aliphatic rings. The zero-order valence-electron chi connectivity index (χ0n) is 16.4. The van der Waals surface area contributed by atoms with Crippen molar-refractivity contribution in [1.82, 2.24) is 0 Å². The summed E-state index contributed by atoms with van der Waals surface area (Å²) in [4.78, 5) is 39.0. The Balaban J connectivity index is 1.39. The maximum Gasteiger partial charge on any atom is 0.238 e. The molecule has 2 aromatic carbocycles. The summed E-state index contributed by atoms with van der Waals surface area (Å²) < 4.78 is 53.8. The van der Waals surface area contributed by atoms with Crippen molar-refractivity contribution in [3.05, 3.63) is 65.8 Å². The van der Waals surface area contributed by atoms with Crippen molar-refractivity contribution in [2.45, 2.75) is 17.7 Å². The molecule has 0 saturated carbocycles. The van der Waals surface area contributed by atoms with Crippen LogP contribution in [-0.2, 0) is 14.4 Å². The molecule has 10 heteroatoms. The van der Waals surface area contributed by atoms with E-state index in [0.717, 1.165) is 11.8 Å². The number of rotatable bonds is 5. The number of nitrogens with one attached hydrogen (secondary N) is 1. The van der Waals surface area contributed by atoms with Crippen molar-refractivity contribution in [2.75, 3.05) is 16.0 Å². The largest absolute Gasteiger partial charge is 0.320 e. The van der Waals surface area contributed by atoms with E-state index in [0.29, 0.717) is 23.4 Å². The number of benzene rings is 2. The molecule has 1 fully saturated rings. The van der Waals surface area contributed by atoms with Crippen molar-refractivity contribution in [3.63, 3.8) is 0 Å². The van der Waals surface area contributed by atoms with E-state index in [2.05, 4.69) is 0 Å². The highest BCUT2D eigenvalue weighted by Crippen LogP contribution is 2.38. The first-order valence-corrected chi connectivity index (χ1v) is 10.6. The number of allylic oxidation sites excluding steroid dienone is 2. The molecule has 2 atom stereocenters. The van der Waals surface area contributed by atoms with Crippen LogP contribution >= 0.6 is 11.8 Å². The fourth-order valence-corrected chi connectivity index (χ4v) is 4.45. The van der Waals surface area contributed by atoms with Gasteiger partial charge in [0.15, 0.2) is 23.3 Å². The summed E-state index contributed by atoms with van der Waals surface area (Å²) in [5.41, 5.74) is -0.770. The van der Waals surface area contributed by atoms with Gasteiger partial charge in [0.1, 0.15) is 5.69 Å². The van der Waals surface area contributed by atoms with Gasteiger partial charge < -0.3 is 5.32 Å². The minimum atomic E-state index is -1.69. The van der Waals surface area contributed by atoms with E-state index in [1.807, 2.05) is 17.5 Å². The van der Waals surface area contributed by atoms with E-state index in [1.165, 1.54) is 4.90 Å². The van der Waals surface area contributed by atoms with Crippen LogP contribution in [-0.4, -0.2) is 23.5 Å². The van der Waals surface area contributed by atoms with Gasteiger partial charge in [-0.15, -0.1) is 11.8 Å². The number of carbonyl (C=O) groups excluding carboxylic acids is 3. The Morgan fingerprint density at radius 1 is 0.938 bits per heavy atom. The number of carbonyl (C=O) groups is 3. The number of hydrogen-bond donors (Lipinski definition) is 1. The number of anilines is 2. The molecule has 166 valence electrons. The number of halogens is 4. The van der Waals surface area contributed by atoms with Gasteiger partial charge >= 0.3 is 0 Å². The van der Waals surface area contributed by atoms with Gasteiger partial charge in [-0.25, -0.2) is 17.6 Å². The van der Waals surface area contributed by atoms with Crippen molar-refractivity contribution in [3.8, 4) is 0 Å². The van der Waals surface area contributed by atoms with Crippen molar-refractivity contribution < 1.29 is 31.9 Å². The molecular formula is C22H16F4N2O3S. The Kier molecular flexibility index (Phi) is 6.05. The lowest BCUT2D eigenvalue weighted by Crippen LogP contribution is -2.30. The fraction of sp³-hybridized carbons (Fsp3) is 0.227. The third-order valence-electron chi connectivity index (χ3n) is 5.35. The Hall–Kier alpha value is -3.14. The number of amides is 3. The maximum atomic E-state index is 13.7. The molecule has 2 aromatic rings. The molecule has 0 bridgehead atoms. The highest BCUT2D eigenvalue weighted by atomic mass is 32.2. The first-order chi connectivity index (χ1) is 15.3. The van der Waals surface area contributed by atoms with Gasteiger partial charge in [-0.3, -0.25) is 19.3 Å². The second kappa shape index (κ2) is 8.78. The van der Waals surface area contributed by atoms with Crippen LogP contribution in [0.15, 0.2) is 47.4 Å². The summed E-state index contributed by atoms with van der Waals surface area (Å²) in [5, 5.41) is 1.83. The van der Waals surface area contributed by atoms with Crippen LogP contribution in [0.25, 0.3) is 0 Å². The minimum Gasteiger partial charge on any atom is -0.320 e. The SMILES string of the molecule is O=C(CSc1ccc(N2C(=O)C3CC=CCC3C2=O)cc1)Nc1c(F)c(F)cc(F)c1F. The third kappa shape index (κ3) is 4.02. The first-order valence-electron chi connectivity index (χ1n) is 9.66. The number of imide groups is 1. The summed E-state index contributed by atoms with van der Waals surface area (Å²) in [6.45, 7) is 0. The predicted molar refractivity (Wildman–Crippen MR) is 110 cm³/mol. The molecule has 0 spiro atoms. The van der Waals surface area contributed by atoms with Gasteiger partial charge in [0, 0.05) is 11.0 Å². The molecule has 1 aliphatic heterocycles. The van der Waals surface area contributed by atoms with Crippen LogP contribution in [0.2, 0.25) is 0 Å². The zero-order valence-corrected chi connectivity index (χ0v) is 17.2. The van der Waals surface area contributed by atoms with E-state index >= 15 is 0 Å². The monoisotopic (exact) mass is 464 g/mol. The molecule has 4 rings (SSSR count). The fourth-order valence-electron chi connectivity index (χ4n) is 3.75. The molecule has 0 radical (unpaired) electrons. The van der Waals surface area contributed by atoms with Crippen LogP contribution in [0.3, 0.4) is 0 Å². The summed E-state index contributed by atoms with van der Waals surface area (Å²) in [5.74, 6) is -8.97. The van der Waals surface area contributed by atoms with Crippen molar-refractivity contribution in [1.29, 1.82) is 0 Å². The predicted octanol–water partition coefficient (Wildman–Crippen LogP) is 4.43. The maximum absolute atomic E-state index is 13.7. The smallest absolute Gasteiger partial charge is 0.238 e. The summed E-state index contributed by atoms with van der Waals surface area (Å²) in [6, 6.07) is 6.39. The highest BCUT2D eigenvalue weighted by Gasteiger charge is 2.47. The molecule has 32 heavy (non-hydrogen) atoms. The molecule has 1 N–H and O–H groups in total. The zero-order chi connectivity index (χ0) is 23.0. The minimum absolute atomic E-state index is 0.0535. The molecule has 5 nitrogen and oxygen atoms in total. The lowest BCUT2D eigenvalue weighted by Gasteiger charge is -2.15. The average molecular weight is 464 g/mol. The first kappa shape index (κ1) is 22.1. The summed E-state index contributed by atoms with van der Waals surface area (Å²) in [7, 11) is 0. The Bertz CT molecular complexity index is 1080. The van der Waals surface area contributed by atoms with Gasteiger partial charge in [0.05, 0.1) is 23.3 Å². The Labute approximate surface area is 184 Å². The standard InChI is InChI=1S/C22H16F4N2O3S/c23-15-9-16(24)19(26)20(18(15)25)27-17(29)10-32-12-7-5-11(6-8-12)28-21(30)13-3-1-2-4-14(13)22(28)31/h1-2,5-9,13-14H,3-4,10H2,(H,27,29). The molecular weight excluding hydrogens is 448 g/mol. The van der Waals surface area contributed by atoms with Crippen LogP contribution in [0.5, 0.6) is 0 Å². The van der Waals surface area contributed by atoms with E-state index < -0.39 is 34.9 Å². The van der Waals surface area contributed by atoms with Gasteiger partial charge in [0.2, 0.25) is 17.7 Å². The summed E-state index contributed by atoms with van der Waals surface area (Å²) in [6.07, 6.45) is 4.86. The van der Waals surface area contributed by atoms with Crippen LogP contribution in [0, 0.1) is 35.1 Å². The molecule has 3 amide bonds. The molecule has 1 heterocycles. The second-order valence-corrected chi connectivity index (χ2v) is 8.39.